The van der Waals surface area contributed by atoms with Crippen LogP contribution in [0.5, 0.6) is 5.75 Å². The molecule has 2 nitrogen and oxygen atoms in total. The van der Waals surface area contributed by atoms with Crippen LogP contribution < -0.4 is 4.74 Å². The zero-order chi connectivity index (χ0) is 14.5. The molecule has 0 bridgehead atoms. The maximum absolute atomic E-state index is 12.7. The zero-order valence-electron chi connectivity index (χ0n) is 12.3. The Morgan fingerprint density at radius 1 is 1.15 bits per heavy atom. The van der Waals surface area contributed by atoms with Gasteiger partial charge in [-0.3, -0.25) is 4.79 Å². The Labute approximate surface area is 120 Å². The largest absolute Gasteiger partial charge is 0.496 e. The molecule has 0 aliphatic carbocycles. The lowest BCUT2D eigenvalue weighted by Crippen LogP contribution is -2.05. The molecule has 2 heteroatoms. The van der Waals surface area contributed by atoms with E-state index in [0.717, 1.165) is 24.0 Å². The van der Waals surface area contributed by atoms with Crippen molar-refractivity contribution in [2.24, 2.45) is 0 Å². The van der Waals surface area contributed by atoms with E-state index < -0.39 is 0 Å². The zero-order valence-corrected chi connectivity index (χ0v) is 12.3. The summed E-state index contributed by atoms with van der Waals surface area (Å²) in [4.78, 5) is 12.7. The summed E-state index contributed by atoms with van der Waals surface area (Å²) < 4.78 is 5.30. The summed E-state index contributed by atoms with van der Waals surface area (Å²) in [5, 5.41) is 0. The van der Waals surface area contributed by atoms with Gasteiger partial charge in [-0.1, -0.05) is 43.2 Å². The van der Waals surface area contributed by atoms with E-state index in [1.165, 1.54) is 5.56 Å². The van der Waals surface area contributed by atoms with Gasteiger partial charge in [0.2, 0.25) is 0 Å². The molecule has 0 saturated carbocycles. The van der Waals surface area contributed by atoms with Crippen molar-refractivity contribution in [1.29, 1.82) is 0 Å². The number of methoxy groups -OCH3 is 1. The maximum Gasteiger partial charge on any atom is 0.196 e. The summed E-state index contributed by atoms with van der Waals surface area (Å²) in [5.41, 5.74) is 3.60. The Morgan fingerprint density at radius 3 is 2.65 bits per heavy atom. The summed E-state index contributed by atoms with van der Waals surface area (Å²) in [6.45, 7) is 4.11. The standard InChI is InChI=1S/C18H20O2/c1-4-6-14-7-5-8-15(12-14)18(19)16-11-13(2)9-10-17(16)20-3/h5,7-12H,4,6H2,1-3H3. The highest BCUT2D eigenvalue weighted by Crippen LogP contribution is 2.23. The van der Waals surface area contributed by atoms with E-state index in [9.17, 15) is 4.79 Å². The predicted molar refractivity (Wildman–Crippen MR) is 81.6 cm³/mol. The first kappa shape index (κ1) is 14.3. The molecule has 0 amide bonds. The minimum absolute atomic E-state index is 0.0171. The quantitative estimate of drug-likeness (QED) is 0.760. The molecule has 20 heavy (non-hydrogen) atoms. The van der Waals surface area contributed by atoms with Gasteiger partial charge in [-0.05, 0) is 37.1 Å². The number of carbonyl (C=O) groups excluding carboxylic acids is 1. The van der Waals surface area contributed by atoms with Crippen LogP contribution in [-0.4, -0.2) is 12.9 Å². The van der Waals surface area contributed by atoms with Gasteiger partial charge in [0.15, 0.2) is 5.78 Å². The van der Waals surface area contributed by atoms with Gasteiger partial charge >= 0.3 is 0 Å². The lowest BCUT2D eigenvalue weighted by molar-refractivity contribution is 0.103. The monoisotopic (exact) mass is 268 g/mol. The van der Waals surface area contributed by atoms with Crippen molar-refractivity contribution in [3.63, 3.8) is 0 Å². The fraction of sp³-hybridized carbons (Fsp3) is 0.278. The molecule has 0 spiro atoms. The average Bonchev–Trinajstić information content (AvgIpc) is 2.47. The number of ether oxygens (including phenoxy) is 1. The van der Waals surface area contributed by atoms with Gasteiger partial charge in [-0.2, -0.15) is 0 Å². The van der Waals surface area contributed by atoms with Crippen LogP contribution in [0, 0.1) is 6.92 Å². The second kappa shape index (κ2) is 6.38. The number of rotatable bonds is 5. The summed E-state index contributed by atoms with van der Waals surface area (Å²) in [6, 6.07) is 13.5. The Kier molecular flexibility index (Phi) is 4.57. The number of carbonyl (C=O) groups is 1. The molecule has 0 fully saturated rings. The lowest BCUT2D eigenvalue weighted by atomic mass is 9.98. The van der Waals surface area contributed by atoms with Crippen LogP contribution in [0.1, 0.15) is 40.4 Å². The minimum atomic E-state index is 0.0171. The van der Waals surface area contributed by atoms with E-state index in [4.69, 9.17) is 4.74 Å². The normalized spacial score (nSPS) is 10.3. The van der Waals surface area contributed by atoms with Crippen molar-refractivity contribution >= 4 is 5.78 Å². The van der Waals surface area contributed by atoms with Crippen LogP contribution in [0.2, 0.25) is 0 Å². The molecule has 2 aromatic carbocycles. The van der Waals surface area contributed by atoms with Crippen molar-refractivity contribution in [2.45, 2.75) is 26.7 Å². The second-order valence-electron chi connectivity index (χ2n) is 4.98. The molecular formula is C18H20O2. The van der Waals surface area contributed by atoms with Gasteiger partial charge in [0, 0.05) is 5.56 Å². The first-order chi connectivity index (χ1) is 9.65. The van der Waals surface area contributed by atoms with Crippen molar-refractivity contribution in [3.05, 3.63) is 64.7 Å². The molecular weight excluding hydrogens is 248 g/mol. The van der Waals surface area contributed by atoms with Crippen molar-refractivity contribution in [1.82, 2.24) is 0 Å². The van der Waals surface area contributed by atoms with Crippen LogP contribution in [0.3, 0.4) is 0 Å². The highest BCUT2D eigenvalue weighted by atomic mass is 16.5. The molecule has 0 aliphatic rings. The third-order valence-corrected chi connectivity index (χ3v) is 3.33. The predicted octanol–water partition coefficient (Wildman–Crippen LogP) is 4.19. The first-order valence-electron chi connectivity index (χ1n) is 6.94. The maximum atomic E-state index is 12.7. The van der Waals surface area contributed by atoms with Gasteiger partial charge in [-0.15, -0.1) is 0 Å². The molecule has 0 aliphatic heterocycles. The molecule has 2 rings (SSSR count). The SMILES string of the molecule is CCCc1cccc(C(=O)c2cc(C)ccc2OC)c1. The summed E-state index contributed by atoms with van der Waals surface area (Å²) >= 11 is 0. The molecule has 0 N–H and O–H groups in total. The van der Waals surface area contributed by atoms with Gasteiger partial charge in [0.25, 0.3) is 0 Å². The Morgan fingerprint density at radius 2 is 1.95 bits per heavy atom. The van der Waals surface area contributed by atoms with Gasteiger partial charge in [0.1, 0.15) is 5.75 Å². The van der Waals surface area contributed by atoms with Gasteiger partial charge < -0.3 is 4.74 Å². The molecule has 0 saturated heterocycles. The number of hydrogen-bond acceptors (Lipinski definition) is 2. The van der Waals surface area contributed by atoms with Crippen LogP contribution in [0.25, 0.3) is 0 Å². The second-order valence-corrected chi connectivity index (χ2v) is 4.98. The highest BCUT2D eigenvalue weighted by molar-refractivity contribution is 6.10. The van der Waals surface area contributed by atoms with E-state index in [-0.39, 0.29) is 5.78 Å². The number of hydrogen-bond donors (Lipinski definition) is 0. The molecule has 2 aromatic rings. The average molecular weight is 268 g/mol. The number of aryl methyl sites for hydroxylation is 2. The summed E-state index contributed by atoms with van der Waals surface area (Å²) in [6.07, 6.45) is 2.07. The fourth-order valence-corrected chi connectivity index (χ4v) is 2.31. The van der Waals surface area contributed by atoms with E-state index in [2.05, 4.69) is 13.0 Å². The molecule has 0 unspecified atom stereocenters. The van der Waals surface area contributed by atoms with Crippen LogP contribution in [-0.2, 0) is 6.42 Å². The smallest absolute Gasteiger partial charge is 0.196 e. The van der Waals surface area contributed by atoms with E-state index in [1.54, 1.807) is 7.11 Å². The van der Waals surface area contributed by atoms with Crippen LogP contribution in [0.4, 0.5) is 0 Å². The third-order valence-electron chi connectivity index (χ3n) is 3.33. The van der Waals surface area contributed by atoms with E-state index in [1.807, 2.05) is 43.3 Å². The topological polar surface area (TPSA) is 26.3 Å². The first-order valence-corrected chi connectivity index (χ1v) is 6.94. The Hall–Kier alpha value is -2.09. The third kappa shape index (κ3) is 3.08. The van der Waals surface area contributed by atoms with Gasteiger partial charge in [-0.25, -0.2) is 0 Å². The van der Waals surface area contributed by atoms with Crippen LogP contribution in [0.15, 0.2) is 42.5 Å². The van der Waals surface area contributed by atoms with Crippen molar-refractivity contribution in [2.75, 3.05) is 7.11 Å². The molecule has 104 valence electrons. The van der Waals surface area contributed by atoms with Crippen molar-refractivity contribution in [3.8, 4) is 5.75 Å². The van der Waals surface area contributed by atoms with Crippen molar-refractivity contribution < 1.29 is 9.53 Å². The summed E-state index contributed by atoms with van der Waals surface area (Å²) in [5.74, 6) is 0.644. The number of ketones is 1. The fourth-order valence-electron chi connectivity index (χ4n) is 2.31. The molecule has 0 heterocycles. The molecule has 0 aromatic heterocycles. The molecule has 0 radical (unpaired) electrons. The Balaban J connectivity index is 2.40. The van der Waals surface area contributed by atoms with E-state index in [0.29, 0.717) is 11.3 Å². The molecule has 0 atom stereocenters. The Bertz CT molecular complexity index is 615. The minimum Gasteiger partial charge on any atom is -0.496 e. The number of benzene rings is 2. The van der Waals surface area contributed by atoms with Gasteiger partial charge in [0.05, 0.1) is 12.7 Å². The summed E-state index contributed by atoms with van der Waals surface area (Å²) in [7, 11) is 1.59. The van der Waals surface area contributed by atoms with E-state index >= 15 is 0 Å². The highest BCUT2D eigenvalue weighted by Gasteiger charge is 2.14. The van der Waals surface area contributed by atoms with Crippen LogP contribution >= 0.6 is 0 Å². The lowest BCUT2D eigenvalue weighted by Gasteiger charge is -2.09.